The van der Waals surface area contributed by atoms with Gasteiger partial charge in [-0.15, -0.1) is 23.2 Å². The summed E-state index contributed by atoms with van der Waals surface area (Å²) < 4.78 is 80.3. The SMILES string of the molecule is C[C@H](NC(=O)[C@@H]1C[C@@H](O)CN1C(=O)CCCC(=O)O)C(=O)N[C@@H](CO)C(=O)N[C@H](C(=O)N[C@@H](CCC(N)=O)C(=O)Nc1c(F)c(F)c(COP(N)(=O)N(CCCl)CCCl)c(F)c1F)C1CCCCC1. The Hall–Kier alpha value is -4.69. The molecule has 1 aromatic rings. The van der Waals surface area contributed by atoms with Crippen molar-refractivity contribution in [2.24, 2.45) is 17.2 Å². The van der Waals surface area contributed by atoms with Crippen LogP contribution in [0.1, 0.15) is 83.1 Å². The Balaban J connectivity index is 1.79. The maximum atomic E-state index is 15.4. The van der Waals surface area contributed by atoms with Crippen molar-refractivity contribution in [3.63, 3.8) is 0 Å². The number of nitrogens with two attached hydrogens (primary N) is 2. The van der Waals surface area contributed by atoms with E-state index in [4.69, 9.17) is 44.1 Å². The van der Waals surface area contributed by atoms with Gasteiger partial charge in [0.1, 0.15) is 35.9 Å². The Morgan fingerprint density at radius 3 is 1.99 bits per heavy atom. The minimum Gasteiger partial charge on any atom is -0.481 e. The molecule has 1 heterocycles. The van der Waals surface area contributed by atoms with Gasteiger partial charge in [-0.1, -0.05) is 19.3 Å². The molecule has 2 fully saturated rings. The van der Waals surface area contributed by atoms with Gasteiger partial charge >= 0.3 is 13.6 Å². The first kappa shape index (κ1) is 58.6. The number of rotatable bonds is 27. The summed E-state index contributed by atoms with van der Waals surface area (Å²) in [5, 5.41) is 40.2. The van der Waals surface area contributed by atoms with E-state index in [-0.39, 0.29) is 57.1 Å². The Kier molecular flexibility index (Phi) is 23.5. The van der Waals surface area contributed by atoms with Gasteiger partial charge in [-0.3, -0.25) is 42.9 Å². The van der Waals surface area contributed by atoms with Gasteiger partial charge in [-0.2, -0.15) is 0 Å². The molecule has 1 unspecified atom stereocenters. The third-order valence-corrected chi connectivity index (χ3v) is 13.4. The molecule has 1 saturated heterocycles. The Morgan fingerprint density at radius 2 is 1.43 bits per heavy atom. The lowest BCUT2D eigenvalue weighted by atomic mass is 9.83. The molecule has 7 amide bonds. The van der Waals surface area contributed by atoms with Crippen molar-refractivity contribution < 1.29 is 80.3 Å². The van der Waals surface area contributed by atoms with Crippen LogP contribution in [-0.2, 0) is 54.1 Å². The number of aliphatic hydroxyl groups excluding tert-OH is 2. The average Bonchev–Trinajstić information content (AvgIpc) is 3.70. The van der Waals surface area contributed by atoms with Gasteiger partial charge in [0.25, 0.3) is 0 Å². The van der Waals surface area contributed by atoms with Crippen LogP contribution in [0.3, 0.4) is 0 Å². The fourth-order valence-corrected chi connectivity index (χ4v) is 9.50. The van der Waals surface area contributed by atoms with Crippen LogP contribution >= 0.6 is 30.9 Å². The first-order valence-electron chi connectivity index (χ1n) is 21.8. The minimum atomic E-state index is -4.37. The molecule has 388 valence electrons. The predicted molar refractivity (Wildman–Crippen MR) is 238 cm³/mol. The number of carbonyl (C=O) groups is 8. The predicted octanol–water partition coefficient (Wildman–Crippen LogP) is 0.558. The highest BCUT2D eigenvalue weighted by molar-refractivity contribution is 7.53. The lowest BCUT2D eigenvalue weighted by Gasteiger charge is -2.32. The second-order valence-electron chi connectivity index (χ2n) is 16.4. The number of β-amino-alcohol motifs (C(OH)–C–C–N with tert-alkyl or cyclic N) is 1. The van der Waals surface area contributed by atoms with Gasteiger partial charge in [0, 0.05) is 57.1 Å². The number of benzene rings is 1. The van der Waals surface area contributed by atoms with Crippen molar-refractivity contribution in [1.29, 1.82) is 0 Å². The van der Waals surface area contributed by atoms with Gasteiger partial charge in [0.2, 0.25) is 41.4 Å². The number of nitrogens with zero attached hydrogens (tertiary/aromatic N) is 2. The molecule has 2 aliphatic rings. The molecule has 12 N–H and O–H groups in total. The second-order valence-corrected chi connectivity index (χ2v) is 19.1. The number of nitrogens with one attached hydrogen (secondary N) is 5. The quantitative estimate of drug-likeness (QED) is 0.0249. The van der Waals surface area contributed by atoms with Crippen LogP contribution < -0.4 is 37.8 Å². The zero-order valence-corrected chi connectivity index (χ0v) is 39.9. The Bertz CT molecular complexity index is 2060. The van der Waals surface area contributed by atoms with Crippen LogP contribution in [0.4, 0.5) is 23.2 Å². The number of alkyl halides is 2. The first-order chi connectivity index (χ1) is 32.5. The fraction of sp³-hybridized carbons (Fsp3) is 0.650. The van der Waals surface area contributed by atoms with E-state index >= 15 is 17.6 Å². The highest BCUT2D eigenvalue weighted by atomic mass is 35.5. The molecule has 1 aliphatic heterocycles. The molecule has 0 radical (unpaired) electrons. The Labute approximate surface area is 403 Å². The largest absolute Gasteiger partial charge is 0.481 e. The first-order valence-corrected chi connectivity index (χ1v) is 24.5. The van der Waals surface area contributed by atoms with Crippen LogP contribution in [0.5, 0.6) is 0 Å². The van der Waals surface area contributed by atoms with Crippen LogP contribution in [-0.4, -0.2) is 147 Å². The zero-order chi connectivity index (χ0) is 51.7. The van der Waals surface area contributed by atoms with Crippen molar-refractivity contribution in [1.82, 2.24) is 30.8 Å². The molecule has 69 heavy (non-hydrogen) atoms. The molecule has 22 nitrogen and oxygen atoms in total. The van der Waals surface area contributed by atoms with E-state index in [1.54, 1.807) is 5.32 Å². The van der Waals surface area contributed by atoms with E-state index in [0.29, 0.717) is 25.7 Å². The summed E-state index contributed by atoms with van der Waals surface area (Å²) in [5.74, 6) is -17.7. The Morgan fingerprint density at radius 1 is 0.841 bits per heavy atom. The van der Waals surface area contributed by atoms with E-state index < -0.39 is 158 Å². The van der Waals surface area contributed by atoms with Gasteiger partial charge in [0.05, 0.1) is 24.9 Å². The van der Waals surface area contributed by atoms with E-state index in [1.165, 1.54) is 6.92 Å². The monoisotopic (exact) mass is 1050 g/mol. The summed E-state index contributed by atoms with van der Waals surface area (Å²) in [6.07, 6.45) is -0.516. The molecule has 0 aromatic heterocycles. The molecule has 1 aromatic carbocycles. The molecule has 0 spiro atoms. The number of carbonyl (C=O) groups excluding carboxylic acids is 7. The molecular weight excluding hydrogens is 992 g/mol. The van der Waals surface area contributed by atoms with Crippen molar-refractivity contribution in [2.45, 2.75) is 120 Å². The number of primary amides is 1. The molecule has 1 aliphatic carbocycles. The van der Waals surface area contributed by atoms with Crippen LogP contribution in [0.25, 0.3) is 0 Å². The van der Waals surface area contributed by atoms with E-state index in [9.17, 15) is 53.1 Å². The summed E-state index contributed by atoms with van der Waals surface area (Å²) in [6.45, 7) is -1.70. The third kappa shape index (κ3) is 17.0. The van der Waals surface area contributed by atoms with Gasteiger partial charge < -0.3 is 57.1 Å². The third-order valence-electron chi connectivity index (χ3n) is 11.3. The second kappa shape index (κ2) is 27.6. The van der Waals surface area contributed by atoms with Crippen molar-refractivity contribution >= 4 is 83.9 Å². The lowest BCUT2D eigenvalue weighted by Crippen LogP contribution is -2.60. The number of hydrogen-bond donors (Lipinski definition) is 10. The molecule has 29 heteroatoms. The standard InChI is InChI=1S/C40H58Cl2F4N9O13P/c1-20(49-39(65)26-16-22(57)17-55(26)28(59)8-5-9-29(60)61)36(62)51-25(18-56)38(64)52-34(21-6-3-2-4-7-21)40(66)50-24(10-11-27(47)58)37(63)53-35-32(45)30(43)23(31(44)33(35)46)19-68-69(48,67)54(14-12-41)15-13-42/h20-22,24-26,34,56-57H,2-19H2,1H3,(H2,47,58)(H2,48,67)(H,49,65)(H,50,66)(H,51,62)(H,52,64)(H,53,63)(H,60,61)/t20-,22+,24-,25-,26-,34-,69?/m0/s1. The highest BCUT2D eigenvalue weighted by Gasteiger charge is 2.41. The summed E-state index contributed by atoms with van der Waals surface area (Å²) in [5.41, 5.74) is 7.87. The number of aliphatic hydroxyl groups is 2. The summed E-state index contributed by atoms with van der Waals surface area (Å²) in [4.78, 5) is 104. The highest BCUT2D eigenvalue weighted by Crippen LogP contribution is 2.44. The summed E-state index contributed by atoms with van der Waals surface area (Å²) in [6, 6.07) is -7.83. The maximum Gasteiger partial charge on any atom is 0.341 e. The summed E-state index contributed by atoms with van der Waals surface area (Å²) >= 11 is 11.3. The smallest absolute Gasteiger partial charge is 0.341 e. The molecule has 1 saturated carbocycles. The number of likely N-dealkylation sites (tertiary alicyclic amines) is 1. The van der Waals surface area contributed by atoms with Gasteiger partial charge in [-0.25, -0.2) is 27.7 Å². The van der Waals surface area contributed by atoms with E-state index in [1.807, 2.05) is 0 Å². The maximum absolute atomic E-state index is 15.4. The molecule has 0 bridgehead atoms. The fourth-order valence-electron chi connectivity index (χ4n) is 7.62. The minimum absolute atomic E-state index is 0.0246. The van der Waals surface area contributed by atoms with Crippen molar-refractivity contribution in [3.8, 4) is 0 Å². The van der Waals surface area contributed by atoms with Gasteiger partial charge in [-0.05, 0) is 38.5 Å². The molecule has 7 atom stereocenters. The summed E-state index contributed by atoms with van der Waals surface area (Å²) in [7, 11) is -4.37. The van der Waals surface area contributed by atoms with E-state index in [2.05, 4.69) is 21.3 Å². The number of carboxylic acids is 1. The normalized spacial score (nSPS) is 18.9. The number of hydrogen-bond acceptors (Lipinski definition) is 12. The number of aliphatic carboxylic acids is 1. The lowest BCUT2D eigenvalue weighted by molar-refractivity contribution is -0.140. The number of halogens is 6. The number of amides is 7. The molecular formula is C40H58Cl2F4N9O13P. The van der Waals surface area contributed by atoms with Crippen LogP contribution in [0.2, 0.25) is 0 Å². The average molecular weight is 1050 g/mol. The van der Waals surface area contributed by atoms with E-state index in [0.717, 1.165) is 16.0 Å². The van der Waals surface area contributed by atoms with Crippen LogP contribution in [0.15, 0.2) is 0 Å². The zero-order valence-electron chi connectivity index (χ0n) is 37.5. The van der Waals surface area contributed by atoms with Crippen molar-refractivity contribution in [3.05, 3.63) is 28.8 Å². The molecule has 3 rings (SSSR count). The van der Waals surface area contributed by atoms with Gasteiger partial charge in [0.15, 0.2) is 23.3 Å². The topological polar surface area (TPSA) is 342 Å². The van der Waals surface area contributed by atoms with Crippen LogP contribution in [0, 0.1) is 29.2 Å². The number of anilines is 1. The number of carboxylic acid groups (broad SMARTS) is 1. The van der Waals surface area contributed by atoms with Crippen molar-refractivity contribution in [2.75, 3.05) is 43.3 Å².